The van der Waals surface area contributed by atoms with Crippen LogP contribution in [0.1, 0.15) is 0 Å². The third kappa shape index (κ3) is 7.01. The predicted molar refractivity (Wildman–Crippen MR) is 71.1 cm³/mol. The highest BCUT2D eigenvalue weighted by molar-refractivity contribution is 6.50. The van der Waals surface area contributed by atoms with Crippen LogP contribution in [0.2, 0.25) is 0 Å². The maximum absolute atomic E-state index is 9.75. The molecule has 0 aromatic heterocycles. The van der Waals surface area contributed by atoms with Crippen LogP contribution in [0.3, 0.4) is 0 Å². The van der Waals surface area contributed by atoms with Crippen molar-refractivity contribution in [2.24, 2.45) is 0 Å². The van der Waals surface area contributed by atoms with Crippen LogP contribution in [-0.4, -0.2) is 7.25 Å². The molecule has 2 aromatic rings. The summed E-state index contributed by atoms with van der Waals surface area (Å²) in [5.74, 6) is 0. The molecule has 0 bridgehead atoms. The molecule has 0 fully saturated rings. The van der Waals surface area contributed by atoms with Crippen molar-refractivity contribution in [3.05, 3.63) is 59.6 Å². The van der Waals surface area contributed by atoms with Gasteiger partial charge in [-0.1, -0.05) is 18.2 Å². The molecule has 0 spiro atoms. The van der Waals surface area contributed by atoms with E-state index in [0.717, 1.165) is 11.4 Å². The van der Waals surface area contributed by atoms with Crippen molar-refractivity contribution in [2.45, 2.75) is 0 Å². The van der Waals surface area contributed by atoms with E-state index in [2.05, 4.69) is 10.3 Å². The van der Waals surface area contributed by atoms with Gasteiger partial charge in [0.15, 0.2) is 4.98 Å². The molecule has 0 atom stereocenters. The Labute approximate surface area is 113 Å². The third-order valence-electron chi connectivity index (χ3n) is 2.05. The summed E-state index contributed by atoms with van der Waals surface area (Å²) in [5.41, 5.74) is 2.55. The minimum absolute atomic E-state index is 0.550. The van der Waals surface area contributed by atoms with Gasteiger partial charge in [0.05, 0.1) is 0 Å². The van der Waals surface area contributed by atoms with Gasteiger partial charge in [-0.05, 0) is 24.3 Å². The predicted octanol–water partition coefficient (Wildman–Crippen LogP) is 5.21. The van der Waals surface area contributed by atoms with Crippen LogP contribution in [0.4, 0.5) is 34.3 Å². The smallest absolute Gasteiger partial charge is 0.418 e. The number of nitrogens with one attached hydrogen (secondary N) is 1. The summed E-state index contributed by atoms with van der Waals surface area (Å²) in [5, 5.41) is 11.8. The third-order valence-corrected chi connectivity index (χ3v) is 2.05. The number of halogens is 4. The summed E-state index contributed by atoms with van der Waals surface area (Å²) >= 11 is 0. The van der Waals surface area contributed by atoms with E-state index in [4.69, 9.17) is 5.39 Å². The fraction of sp³-hybridized carbons (Fsp3) is 0. The largest absolute Gasteiger partial charge is 0.673 e. The molecule has 0 aliphatic rings. The molecule has 104 valence electrons. The van der Waals surface area contributed by atoms with Crippen molar-refractivity contribution in [3.63, 3.8) is 0 Å². The first kappa shape index (κ1) is 15.5. The molecule has 0 aliphatic carbocycles. The van der Waals surface area contributed by atoms with Gasteiger partial charge in [-0.25, -0.2) is 0 Å². The highest BCUT2D eigenvalue weighted by Gasteiger charge is 2.20. The van der Waals surface area contributed by atoms with Crippen molar-refractivity contribution < 1.29 is 17.3 Å². The zero-order chi connectivity index (χ0) is 15.0. The van der Waals surface area contributed by atoms with Gasteiger partial charge in [0.25, 0.3) is 0 Å². The number of para-hydroxylation sites is 1. The van der Waals surface area contributed by atoms with Crippen LogP contribution in [0, 0.1) is 5.39 Å². The Morgan fingerprint density at radius 1 is 0.800 bits per heavy atom. The van der Waals surface area contributed by atoms with E-state index in [-0.39, 0.29) is 0 Å². The molecule has 0 radical (unpaired) electrons. The average Bonchev–Trinajstić information content (AvgIpc) is 2.39. The van der Waals surface area contributed by atoms with Crippen LogP contribution >= 0.6 is 0 Å². The minimum Gasteiger partial charge on any atom is -0.418 e. The van der Waals surface area contributed by atoms with Gasteiger partial charge in [0.2, 0.25) is 5.39 Å². The summed E-state index contributed by atoms with van der Waals surface area (Å²) in [6, 6.07) is 17.1. The molecule has 0 saturated heterocycles. The van der Waals surface area contributed by atoms with Crippen molar-refractivity contribution >= 4 is 24.3 Å². The Balaban J connectivity index is 0.000000347. The zero-order valence-electron chi connectivity index (χ0n) is 10.2. The number of rotatable bonds is 2. The van der Waals surface area contributed by atoms with Crippen molar-refractivity contribution in [1.82, 2.24) is 0 Å². The molecular weight excluding hydrogens is 273 g/mol. The van der Waals surface area contributed by atoms with Crippen LogP contribution in [0.5, 0.6) is 0 Å². The second-order valence-corrected chi connectivity index (χ2v) is 3.63. The van der Waals surface area contributed by atoms with E-state index in [0.29, 0.717) is 5.69 Å². The summed E-state index contributed by atoms with van der Waals surface area (Å²) in [4.78, 5) is 3.09. The lowest BCUT2D eigenvalue weighted by molar-refractivity contribution is 0.368. The average molecular weight is 283 g/mol. The van der Waals surface area contributed by atoms with Gasteiger partial charge in [0.1, 0.15) is 0 Å². The lowest BCUT2D eigenvalue weighted by Crippen LogP contribution is -2.02. The molecule has 0 amide bonds. The zero-order valence-corrected chi connectivity index (χ0v) is 10.2. The second kappa shape index (κ2) is 7.14. The summed E-state index contributed by atoms with van der Waals surface area (Å²) in [6.45, 7) is 0. The van der Waals surface area contributed by atoms with Crippen LogP contribution in [0.25, 0.3) is 4.98 Å². The van der Waals surface area contributed by atoms with E-state index in [9.17, 15) is 17.3 Å². The van der Waals surface area contributed by atoms with E-state index < -0.39 is 7.25 Å². The van der Waals surface area contributed by atoms with Gasteiger partial charge in [-0.15, -0.1) is 0 Å². The molecule has 0 heterocycles. The first-order valence-corrected chi connectivity index (χ1v) is 5.53. The van der Waals surface area contributed by atoms with Crippen LogP contribution in [0.15, 0.2) is 54.6 Å². The molecular formula is C12H10BF4N3. The Hall–Kier alpha value is -2.56. The topological polar surface area (TPSA) is 40.2 Å². The second-order valence-electron chi connectivity index (χ2n) is 3.63. The first-order valence-electron chi connectivity index (χ1n) is 5.53. The van der Waals surface area contributed by atoms with Crippen molar-refractivity contribution in [1.29, 1.82) is 5.39 Å². The first-order chi connectivity index (χ1) is 9.38. The normalized spacial score (nSPS) is 9.95. The maximum atomic E-state index is 9.75. The molecule has 2 aromatic carbocycles. The van der Waals surface area contributed by atoms with Crippen molar-refractivity contribution in [3.8, 4) is 0 Å². The quantitative estimate of drug-likeness (QED) is 0.466. The Morgan fingerprint density at radius 3 is 1.70 bits per heavy atom. The highest BCUT2D eigenvalue weighted by atomic mass is 19.5. The number of hydrogen-bond acceptors (Lipinski definition) is 2. The fourth-order valence-electron chi connectivity index (χ4n) is 1.30. The summed E-state index contributed by atoms with van der Waals surface area (Å²) in [6.07, 6.45) is 0. The van der Waals surface area contributed by atoms with E-state index >= 15 is 0 Å². The molecule has 3 nitrogen and oxygen atoms in total. The number of hydrogen-bond donors (Lipinski definition) is 1. The number of diazo groups is 1. The number of benzene rings is 2. The Kier molecular flexibility index (Phi) is 5.53. The van der Waals surface area contributed by atoms with Gasteiger partial charge >= 0.3 is 12.9 Å². The molecule has 20 heavy (non-hydrogen) atoms. The number of anilines is 2. The Bertz CT molecular complexity index is 558. The molecule has 0 aliphatic heterocycles. The summed E-state index contributed by atoms with van der Waals surface area (Å²) in [7, 11) is -6.00. The maximum Gasteiger partial charge on any atom is 0.673 e. The van der Waals surface area contributed by atoms with Crippen LogP contribution in [-0.2, 0) is 0 Å². The highest BCUT2D eigenvalue weighted by Crippen LogP contribution is 2.19. The van der Waals surface area contributed by atoms with E-state index in [1.165, 1.54) is 0 Å². The van der Waals surface area contributed by atoms with Gasteiger partial charge in [-0.2, -0.15) is 0 Å². The number of nitrogens with zero attached hydrogens (tertiary/aromatic N) is 2. The minimum atomic E-state index is -6.00. The van der Waals surface area contributed by atoms with E-state index in [1.54, 1.807) is 12.1 Å². The monoisotopic (exact) mass is 283 g/mol. The van der Waals surface area contributed by atoms with Gasteiger partial charge < -0.3 is 22.6 Å². The fourth-order valence-corrected chi connectivity index (χ4v) is 1.30. The molecule has 8 heteroatoms. The standard InChI is InChI=1S/C12H10N3.BF4/c13-15-12-8-6-11(7-9-12)14-10-4-2-1-3-5-10;2-1(3,4)5/h1-9,14H;/q+1;-1. The lowest BCUT2D eigenvalue weighted by atomic mass is 10.2. The molecule has 1 N–H and O–H groups in total. The molecule has 2 rings (SSSR count). The van der Waals surface area contributed by atoms with Gasteiger partial charge in [-0.3, -0.25) is 0 Å². The lowest BCUT2D eigenvalue weighted by Gasteiger charge is -2.04. The van der Waals surface area contributed by atoms with Crippen LogP contribution < -0.4 is 5.32 Å². The molecule has 0 saturated carbocycles. The van der Waals surface area contributed by atoms with E-state index in [1.807, 2.05) is 42.5 Å². The molecule has 0 unspecified atom stereocenters. The SMILES string of the molecule is F[B-](F)(F)F.N#[N+]c1ccc(Nc2ccccc2)cc1. The van der Waals surface area contributed by atoms with Gasteiger partial charge in [0, 0.05) is 23.5 Å². The van der Waals surface area contributed by atoms with Crippen molar-refractivity contribution in [2.75, 3.05) is 5.32 Å². The summed E-state index contributed by atoms with van der Waals surface area (Å²) < 4.78 is 39.0. The Morgan fingerprint density at radius 2 is 1.25 bits per heavy atom.